The van der Waals surface area contributed by atoms with Crippen molar-refractivity contribution >= 4 is 23.2 Å². The first-order chi connectivity index (χ1) is 11.7. The van der Waals surface area contributed by atoms with E-state index in [1.165, 1.54) is 11.3 Å². The van der Waals surface area contributed by atoms with Crippen molar-refractivity contribution in [2.45, 2.75) is 44.6 Å². The topological polar surface area (TPSA) is 61.4 Å². The van der Waals surface area contributed by atoms with Gasteiger partial charge in [0.2, 0.25) is 11.8 Å². The summed E-state index contributed by atoms with van der Waals surface area (Å²) in [6, 6.07) is 4.49. The van der Waals surface area contributed by atoms with Gasteiger partial charge in [-0.15, -0.1) is 11.3 Å². The van der Waals surface area contributed by atoms with Gasteiger partial charge in [-0.2, -0.15) is 0 Å². The van der Waals surface area contributed by atoms with Crippen molar-refractivity contribution in [1.82, 2.24) is 15.5 Å². The van der Waals surface area contributed by atoms with Crippen molar-refractivity contribution in [1.29, 1.82) is 0 Å². The molecule has 0 saturated carbocycles. The van der Waals surface area contributed by atoms with Gasteiger partial charge in [0.15, 0.2) is 0 Å². The van der Waals surface area contributed by atoms with Crippen LogP contribution in [0.2, 0.25) is 0 Å². The molecule has 2 fully saturated rings. The number of hydrogen-bond donors (Lipinski definition) is 2. The van der Waals surface area contributed by atoms with Crippen molar-refractivity contribution in [2.75, 3.05) is 26.2 Å². The number of piperidine rings is 1. The summed E-state index contributed by atoms with van der Waals surface area (Å²) >= 11 is 1.73. The third kappa shape index (κ3) is 4.80. The standard InChI is InChI=1S/C18H27N3O2S/c22-17(13-15-3-1-8-19-15)21-10-6-14(7-11-21)18(23)20-9-5-16-4-2-12-24-16/h2,4,12,14-15,19H,1,3,5-11,13H2,(H,20,23). The minimum absolute atomic E-state index is 0.0574. The lowest BCUT2D eigenvalue weighted by molar-refractivity contribution is -0.136. The van der Waals surface area contributed by atoms with E-state index in [4.69, 9.17) is 0 Å². The van der Waals surface area contributed by atoms with Crippen LogP contribution in [0, 0.1) is 5.92 Å². The summed E-state index contributed by atoms with van der Waals surface area (Å²) in [6.45, 7) is 3.17. The van der Waals surface area contributed by atoms with E-state index >= 15 is 0 Å². The molecule has 2 N–H and O–H groups in total. The molecule has 0 aromatic carbocycles. The van der Waals surface area contributed by atoms with E-state index in [9.17, 15) is 9.59 Å². The smallest absolute Gasteiger partial charge is 0.224 e. The molecular formula is C18H27N3O2S. The number of thiophene rings is 1. The molecular weight excluding hydrogens is 322 g/mol. The molecule has 1 atom stereocenters. The molecule has 2 aliphatic heterocycles. The summed E-state index contributed by atoms with van der Waals surface area (Å²) < 4.78 is 0. The minimum Gasteiger partial charge on any atom is -0.355 e. The zero-order valence-electron chi connectivity index (χ0n) is 14.1. The van der Waals surface area contributed by atoms with Crippen LogP contribution in [-0.4, -0.2) is 48.9 Å². The number of carbonyl (C=O) groups is 2. The van der Waals surface area contributed by atoms with Crippen molar-refractivity contribution < 1.29 is 9.59 Å². The van der Waals surface area contributed by atoms with Gasteiger partial charge >= 0.3 is 0 Å². The summed E-state index contributed by atoms with van der Waals surface area (Å²) in [5.41, 5.74) is 0. The second-order valence-electron chi connectivity index (χ2n) is 6.77. The zero-order valence-corrected chi connectivity index (χ0v) is 14.9. The Morgan fingerprint density at radius 2 is 2.12 bits per heavy atom. The molecule has 0 radical (unpaired) electrons. The lowest BCUT2D eigenvalue weighted by atomic mass is 9.95. The van der Waals surface area contributed by atoms with Crippen molar-refractivity contribution in [3.05, 3.63) is 22.4 Å². The number of likely N-dealkylation sites (tertiary alicyclic amines) is 1. The van der Waals surface area contributed by atoms with E-state index < -0.39 is 0 Å². The van der Waals surface area contributed by atoms with Gasteiger partial charge in [0.25, 0.3) is 0 Å². The van der Waals surface area contributed by atoms with Gasteiger partial charge < -0.3 is 15.5 Å². The third-order valence-corrected chi connectivity index (χ3v) is 5.99. The highest BCUT2D eigenvalue weighted by atomic mass is 32.1. The van der Waals surface area contributed by atoms with E-state index in [0.717, 1.165) is 32.2 Å². The number of nitrogens with zero attached hydrogens (tertiary/aromatic N) is 1. The second-order valence-corrected chi connectivity index (χ2v) is 7.81. The Hall–Kier alpha value is -1.40. The molecule has 2 amide bonds. The zero-order chi connectivity index (χ0) is 16.8. The van der Waals surface area contributed by atoms with E-state index in [-0.39, 0.29) is 17.7 Å². The second kappa shape index (κ2) is 8.62. The average Bonchev–Trinajstić information content (AvgIpc) is 3.29. The van der Waals surface area contributed by atoms with Gasteiger partial charge in [0.1, 0.15) is 0 Å². The quantitative estimate of drug-likeness (QED) is 0.823. The lowest BCUT2D eigenvalue weighted by Crippen LogP contribution is -2.44. The van der Waals surface area contributed by atoms with Crippen LogP contribution in [0.1, 0.15) is 37.0 Å². The Kier molecular flexibility index (Phi) is 6.26. The highest BCUT2D eigenvalue weighted by molar-refractivity contribution is 7.09. The van der Waals surface area contributed by atoms with Crippen molar-refractivity contribution in [3.8, 4) is 0 Å². The van der Waals surface area contributed by atoms with Crippen LogP contribution in [-0.2, 0) is 16.0 Å². The van der Waals surface area contributed by atoms with Gasteiger partial charge in [-0.25, -0.2) is 0 Å². The Labute approximate surface area is 147 Å². The number of hydrogen-bond acceptors (Lipinski definition) is 4. The summed E-state index contributed by atoms with van der Waals surface area (Å²) in [5.74, 6) is 0.448. The molecule has 1 aromatic heterocycles. The maximum absolute atomic E-state index is 12.3. The molecule has 1 unspecified atom stereocenters. The molecule has 0 bridgehead atoms. The Morgan fingerprint density at radius 1 is 1.29 bits per heavy atom. The van der Waals surface area contributed by atoms with Gasteiger partial charge in [-0.3, -0.25) is 9.59 Å². The molecule has 5 nitrogen and oxygen atoms in total. The third-order valence-electron chi connectivity index (χ3n) is 5.05. The van der Waals surface area contributed by atoms with E-state index in [0.29, 0.717) is 32.1 Å². The number of amides is 2. The summed E-state index contributed by atoms with van der Waals surface area (Å²) in [7, 11) is 0. The predicted molar refractivity (Wildman–Crippen MR) is 96.0 cm³/mol. The molecule has 24 heavy (non-hydrogen) atoms. The highest BCUT2D eigenvalue weighted by Crippen LogP contribution is 2.19. The Bertz CT molecular complexity index is 532. The van der Waals surface area contributed by atoms with Gasteiger partial charge in [-0.1, -0.05) is 6.07 Å². The average molecular weight is 350 g/mol. The SMILES string of the molecule is O=C(NCCc1cccs1)C1CCN(C(=O)CC2CCCN2)CC1. The molecule has 0 spiro atoms. The maximum Gasteiger partial charge on any atom is 0.224 e. The van der Waals surface area contributed by atoms with E-state index in [1.807, 2.05) is 11.0 Å². The largest absolute Gasteiger partial charge is 0.355 e. The van der Waals surface area contributed by atoms with Crippen LogP contribution in [0.15, 0.2) is 17.5 Å². The number of nitrogens with one attached hydrogen (secondary N) is 2. The fraction of sp³-hybridized carbons (Fsp3) is 0.667. The first-order valence-corrected chi connectivity index (χ1v) is 9.91. The van der Waals surface area contributed by atoms with Crippen LogP contribution < -0.4 is 10.6 Å². The van der Waals surface area contributed by atoms with Crippen molar-refractivity contribution in [3.63, 3.8) is 0 Å². The summed E-state index contributed by atoms with van der Waals surface area (Å²) in [6.07, 6.45) is 5.36. The van der Waals surface area contributed by atoms with Gasteiger partial charge in [0, 0.05) is 42.9 Å². The van der Waals surface area contributed by atoms with Crippen LogP contribution in [0.3, 0.4) is 0 Å². The maximum atomic E-state index is 12.3. The molecule has 2 saturated heterocycles. The molecule has 2 aliphatic rings. The van der Waals surface area contributed by atoms with Gasteiger partial charge in [-0.05, 0) is 50.1 Å². The predicted octanol–water partition coefficient (Wildman–Crippen LogP) is 1.79. The number of carbonyl (C=O) groups excluding carboxylic acids is 2. The molecule has 1 aromatic rings. The minimum atomic E-state index is 0.0574. The normalized spacial score (nSPS) is 21.8. The summed E-state index contributed by atoms with van der Waals surface area (Å²) in [4.78, 5) is 27.8. The van der Waals surface area contributed by atoms with E-state index in [1.54, 1.807) is 11.3 Å². The molecule has 3 heterocycles. The Morgan fingerprint density at radius 3 is 2.79 bits per heavy atom. The van der Waals surface area contributed by atoms with Gasteiger partial charge in [0.05, 0.1) is 0 Å². The fourth-order valence-corrected chi connectivity index (χ4v) is 4.28. The summed E-state index contributed by atoms with van der Waals surface area (Å²) in [5, 5.41) is 8.49. The molecule has 0 aliphatic carbocycles. The fourth-order valence-electron chi connectivity index (χ4n) is 3.57. The first kappa shape index (κ1) is 17.4. The van der Waals surface area contributed by atoms with Crippen LogP contribution in [0.25, 0.3) is 0 Å². The molecule has 6 heteroatoms. The Balaban J connectivity index is 1.34. The lowest BCUT2D eigenvalue weighted by Gasteiger charge is -2.32. The van der Waals surface area contributed by atoms with Crippen molar-refractivity contribution in [2.24, 2.45) is 5.92 Å². The number of rotatable bonds is 6. The molecule has 132 valence electrons. The van der Waals surface area contributed by atoms with E-state index in [2.05, 4.69) is 22.1 Å². The van der Waals surface area contributed by atoms with Crippen LogP contribution in [0.4, 0.5) is 0 Å². The first-order valence-electron chi connectivity index (χ1n) is 9.03. The highest BCUT2D eigenvalue weighted by Gasteiger charge is 2.28. The molecule has 3 rings (SSSR count). The van der Waals surface area contributed by atoms with Crippen LogP contribution in [0.5, 0.6) is 0 Å². The monoisotopic (exact) mass is 349 g/mol. The van der Waals surface area contributed by atoms with Crippen LogP contribution >= 0.6 is 11.3 Å².